The Labute approximate surface area is 360 Å². The molecule has 0 N–H and O–H groups in total. The highest BCUT2D eigenvalue weighted by Crippen LogP contribution is 2.44. The molecule has 0 aliphatic carbocycles. The first kappa shape index (κ1) is 38.8. The topological polar surface area (TPSA) is 56.7 Å². The van der Waals surface area contributed by atoms with Crippen molar-refractivity contribution in [1.29, 1.82) is 0 Å². The Morgan fingerprint density at radius 2 is 0.953 bits per heavy atom. The van der Waals surface area contributed by atoms with Crippen LogP contribution in [0.2, 0.25) is 0 Å². The number of alkyl halides is 6. The van der Waals surface area contributed by atoms with Crippen molar-refractivity contribution in [2.75, 3.05) is 0 Å². The second-order valence-electron chi connectivity index (χ2n) is 15.4. The van der Waals surface area contributed by atoms with E-state index in [1.54, 1.807) is 12.1 Å². The lowest BCUT2D eigenvalue weighted by molar-refractivity contribution is -0.142. The van der Waals surface area contributed by atoms with E-state index in [0.29, 0.717) is 40.3 Å². The lowest BCUT2D eigenvalue weighted by Crippen LogP contribution is -2.12. The van der Waals surface area contributed by atoms with E-state index in [0.717, 1.165) is 66.5 Å². The smallest absolute Gasteiger partial charge is 0.417 e. The van der Waals surface area contributed by atoms with Crippen LogP contribution in [0.5, 0.6) is 0 Å². The Bertz CT molecular complexity index is 3540. The number of hydrogen-bond acceptors (Lipinski definition) is 4. The molecule has 0 saturated heterocycles. The molecule has 3 heterocycles. The van der Waals surface area contributed by atoms with E-state index in [4.69, 9.17) is 19.4 Å². The van der Waals surface area contributed by atoms with E-state index in [-0.39, 0.29) is 17.2 Å². The van der Waals surface area contributed by atoms with Crippen molar-refractivity contribution in [3.05, 3.63) is 193 Å². The maximum absolute atomic E-state index is 14.6. The lowest BCUT2D eigenvalue weighted by Gasteiger charge is -2.18. The van der Waals surface area contributed by atoms with Gasteiger partial charge in [0.2, 0.25) is 0 Å². The summed E-state index contributed by atoms with van der Waals surface area (Å²) in [5, 5.41) is 3.44. The van der Waals surface area contributed by atoms with Crippen molar-refractivity contribution >= 4 is 43.7 Å². The molecular formula is C53H30F6N4O. The molecule has 0 spiro atoms. The number of aromatic nitrogens is 4. The third-order valence-electron chi connectivity index (χ3n) is 11.5. The molecule has 0 amide bonds. The Balaban J connectivity index is 1.20. The van der Waals surface area contributed by atoms with Crippen molar-refractivity contribution in [1.82, 2.24) is 19.5 Å². The fourth-order valence-electron chi connectivity index (χ4n) is 8.53. The second-order valence-corrected chi connectivity index (χ2v) is 15.4. The number of hydrogen-bond donors (Lipinski definition) is 0. The molecule has 3 aromatic heterocycles. The number of nitrogens with zero attached hydrogens (tertiary/aromatic N) is 4. The van der Waals surface area contributed by atoms with Crippen LogP contribution in [0, 0.1) is 0 Å². The molecule has 0 radical (unpaired) electrons. The van der Waals surface area contributed by atoms with Crippen LogP contribution in [0.1, 0.15) is 11.1 Å². The average molecular weight is 853 g/mol. The van der Waals surface area contributed by atoms with Gasteiger partial charge >= 0.3 is 12.4 Å². The molecule has 11 aromatic rings. The van der Waals surface area contributed by atoms with Crippen molar-refractivity contribution in [2.45, 2.75) is 12.4 Å². The summed E-state index contributed by atoms with van der Waals surface area (Å²) in [6, 6.07) is 53.0. The number of rotatable bonds is 6. The Kier molecular flexibility index (Phi) is 8.98. The molecule has 8 aromatic carbocycles. The summed E-state index contributed by atoms with van der Waals surface area (Å²) in [6.07, 6.45) is -10.0. The van der Waals surface area contributed by atoms with Gasteiger partial charge in [0.05, 0.1) is 27.8 Å². The molecule has 0 atom stereocenters. The van der Waals surface area contributed by atoms with Crippen molar-refractivity contribution in [2.24, 2.45) is 0 Å². The molecule has 0 unspecified atom stereocenters. The van der Waals surface area contributed by atoms with Gasteiger partial charge in [0.25, 0.3) is 0 Å². The van der Waals surface area contributed by atoms with E-state index in [9.17, 15) is 26.3 Å². The molecule has 0 aliphatic heterocycles. The fraction of sp³-hybridized carbons (Fsp3) is 0.0377. The summed E-state index contributed by atoms with van der Waals surface area (Å²) in [6.45, 7) is 0. The van der Waals surface area contributed by atoms with Gasteiger partial charge in [-0.25, -0.2) is 15.0 Å². The Morgan fingerprint density at radius 1 is 0.375 bits per heavy atom. The zero-order valence-electron chi connectivity index (χ0n) is 33.3. The van der Waals surface area contributed by atoms with Crippen LogP contribution in [0.25, 0.3) is 106 Å². The molecule has 0 saturated carbocycles. The second kappa shape index (κ2) is 14.8. The maximum Gasteiger partial charge on any atom is 0.417 e. The summed E-state index contributed by atoms with van der Waals surface area (Å²) >= 11 is 0. The first-order valence-corrected chi connectivity index (χ1v) is 20.2. The third kappa shape index (κ3) is 6.73. The molecule has 310 valence electrons. The van der Waals surface area contributed by atoms with Gasteiger partial charge in [-0.3, -0.25) is 0 Å². The Morgan fingerprint density at radius 3 is 1.66 bits per heavy atom. The first-order chi connectivity index (χ1) is 31.0. The highest BCUT2D eigenvalue weighted by Gasteiger charge is 2.38. The molecule has 64 heavy (non-hydrogen) atoms. The first-order valence-electron chi connectivity index (χ1n) is 20.2. The van der Waals surface area contributed by atoms with Crippen molar-refractivity contribution in [3.8, 4) is 62.1 Å². The van der Waals surface area contributed by atoms with Crippen LogP contribution in [-0.4, -0.2) is 19.5 Å². The summed E-state index contributed by atoms with van der Waals surface area (Å²) < 4.78 is 93.1. The molecular weight excluding hydrogens is 823 g/mol. The van der Waals surface area contributed by atoms with Crippen LogP contribution in [0.15, 0.2) is 186 Å². The summed E-state index contributed by atoms with van der Waals surface area (Å²) in [5.41, 5.74) is 4.14. The van der Waals surface area contributed by atoms with E-state index >= 15 is 0 Å². The summed E-state index contributed by atoms with van der Waals surface area (Å²) in [7, 11) is 0. The third-order valence-corrected chi connectivity index (χ3v) is 11.5. The zero-order chi connectivity index (χ0) is 43.7. The minimum absolute atomic E-state index is 0.0919. The number of halogens is 6. The van der Waals surface area contributed by atoms with E-state index in [1.807, 2.05) is 144 Å². The average Bonchev–Trinajstić information content (AvgIpc) is 3.86. The van der Waals surface area contributed by atoms with Crippen LogP contribution in [-0.2, 0) is 12.4 Å². The van der Waals surface area contributed by atoms with Crippen LogP contribution in [0.3, 0.4) is 0 Å². The Hall–Kier alpha value is -8.05. The van der Waals surface area contributed by atoms with Gasteiger partial charge in [0.15, 0.2) is 17.5 Å². The molecule has 0 fully saturated rings. The molecule has 0 bridgehead atoms. The monoisotopic (exact) mass is 852 g/mol. The summed E-state index contributed by atoms with van der Waals surface area (Å²) in [5.74, 6) is 1.20. The van der Waals surface area contributed by atoms with Crippen molar-refractivity contribution < 1.29 is 30.8 Å². The van der Waals surface area contributed by atoms with Gasteiger partial charge in [-0.05, 0) is 76.9 Å². The van der Waals surface area contributed by atoms with E-state index < -0.39 is 23.5 Å². The lowest BCUT2D eigenvalue weighted by atomic mass is 9.96. The zero-order valence-corrected chi connectivity index (χ0v) is 33.3. The summed E-state index contributed by atoms with van der Waals surface area (Å²) in [4.78, 5) is 15.1. The maximum atomic E-state index is 14.6. The quantitative estimate of drug-likeness (QED) is 0.156. The standard InChI is InChI=1S/C53H30F6N4O/c54-52(55,56)36-22-24-37(43(30-36)53(57,58)59)35-19-23-39-38-15-7-9-17-44(38)63(46(39)29-35)45-25-20-33(34-21-26-48-41(27-34)40-16-8-10-18-47(40)64-48)28-42(45)51-61-49(31-11-3-1-4-12-31)60-50(62-51)32-13-5-2-6-14-32/h1-30H. The minimum atomic E-state index is -5.07. The van der Waals surface area contributed by atoms with Gasteiger partial charge < -0.3 is 8.98 Å². The molecule has 11 rings (SSSR count). The van der Waals surface area contributed by atoms with Gasteiger partial charge in [0.1, 0.15) is 11.2 Å². The van der Waals surface area contributed by atoms with E-state index in [1.165, 1.54) is 6.07 Å². The number of furan rings is 1. The number of fused-ring (bicyclic) bond motifs is 6. The highest BCUT2D eigenvalue weighted by atomic mass is 19.4. The van der Waals surface area contributed by atoms with Crippen LogP contribution < -0.4 is 0 Å². The molecule has 5 nitrogen and oxygen atoms in total. The fourth-order valence-corrected chi connectivity index (χ4v) is 8.53. The van der Waals surface area contributed by atoms with Gasteiger partial charge in [-0.15, -0.1) is 0 Å². The van der Waals surface area contributed by atoms with Gasteiger partial charge in [0, 0.05) is 38.2 Å². The number of benzene rings is 8. The SMILES string of the molecule is FC(F)(F)c1ccc(-c2ccc3c4ccccc4n(-c4ccc(-c5ccc6oc7ccccc7c6c5)cc4-c4nc(-c5ccccc5)nc(-c5ccccc5)n4)c3c2)c(C(F)(F)F)c1. The van der Waals surface area contributed by atoms with Gasteiger partial charge in [-0.1, -0.05) is 127 Å². The largest absolute Gasteiger partial charge is 0.456 e. The van der Waals surface area contributed by atoms with Crippen molar-refractivity contribution in [3.63, 3.8) is 0 Å². The predicted octanol–water partition coefficient (Wildman–Crippen LogP) is 15.2. The predicted molar refractivity (Wildman–Crippen MR) is 239 cm³/mol. The molecule has 11 heteroatoms. The molecule has 0 aliphatic rings. The highest BCUT2D eigenvalue weighted by molar-refractivity contribution is 6.11. The van der Waals surface area contributed by atoms with E-state index in [2.05, 4.69) is 6.07 Å². The normalized spacial score (nSPS) is 12.2. The number of para-hydroxylation sites is 2. The van der Waals surface area contributed by atoms with Gasteiger partial charge in [-0.2, -0.15) is 26.3 Å². The van der Waals surface area contributed by atoms with Crippen LogP contribution in [0.4, 0.5) is 26.3 Å². The van der Waals surface area contributed by atoms with Crippen LogP contribution >= 0.6 is 0 Å². The minimum Gasteiger partial charge on any atom is -0.456 e.